The Morgan fingerprint density at radius 2 is 0.948 bits per heavy atom. The van der Waals surface area contributed by atoms with Crippen molar-refractivity contribution in [1.29, 1.82) is 0 Å². The smallest absolute Gasteiger partial charge is 0.0619 e. The summed E-state index contributed by atoms with van der Waals surface area (Å²) in [5.74, 6) is 0. The number of aromatic nitrogens is 2. The zero-order valence-electron chi connectivity index (χ0n) is 31.4. The van der Waals surface area contributed by atoms with Crippen molar-refractivity contribution in [1.82, 2.24) is 9.13 Å². The number of hydrogen-bond donors (Lipinski definition) is 0. The van der Waals surface area contributed by atoms with Crippen LogP contribution >= 0.6 is 0 Å². The zero-order valence-corrected chi connectivity index (χ0v) is 31.4. The molecule has 266 valence electrons. The highest BCUT2D eigenvalue weighted by atomic mass is 15.0. The van der Waals surface area contributed by atoms with Gasteiger partial charge in [-0.15, -0.1) is 0 Å². The first-order valence-corrected chi connectivity index (χ1v) is 19.9. The van der Waals surface area contributed by atoms with Crippen molar-refractivity contribution >= 4 is 65.2 Å². The first-order valence-electron chi connectivity index (χ1n) is 19.9. The molecule has 0 atom stereocenters. The maximum atomic E-state index is 3.30. The normalized spacial score (nSPS) is 12.0. The third-order valence-corrected chi connectivity index (χ3v) is 12.5. The van der Waals surface area contributed by atoms with E-state index in [1.807, 2.05) is 6.07 Å². The van der Waals surface area contributed by atoms with Gasteiger partial charge in [0, 0.05) is 43.7 Å². The molecule has 10 aromatic carbocycles. The van der Waals surface area contributed by atoms with Gasteiger partial charge in [-0.1, -0.05) is 140 Å². The van der Waals surface area contributed by atoms with Gasteiger partial charge in [0.15, 0.2) is 0 Å². The van der Waals surface area contributed by atoms with Gasteiger partial charge in [0.2, 0.25) is 0 Å². The minimum absolute atomic E-state index is 1.07. The molecule has 0 radical (unpaired) electrons. The van der Waals surface area contributed by atoms with E-state index >= 15 is 0 Å². The van der Waals surface area contributed by atoms with Gasteiger partial charge in [-0.2, -0.15) is 0 Å². The van der Waals surface area contributed by atoms with Gasteiger partial charge in [0.1, 0.15) is 0 Å². The third kappa shape index (κ3) is 4.44. The molecular weight excluding hydrogens is 701 g/mol. The summed E-state index contributed by atoms with van der Waals surface area (Å²) in [7, 11) is 0. The second-order valence-electron chi connectivity index (χ2n) is 15.6. The van der Waals surface area contributed by atoms with Gasteiger partial charge in [0.05, 0.1) is 27.8 Å². The molecule has 0 spiro atoms. The molecule has 0 saturated carbocycles. The summed E-state index contributed by atoms with van der Waals surface area (Å²) < 4.78 is 4.88. The summed E-state index contributed by atoms with van der Waals surface area (Å²) in [5, 5.41) is 9.76. The molecule has 0 amide bonds. The molecule has 0 N–H and O–H groups in total. The fourth-order valence-electron chi connectivity index (χ4n) is 9.77. The predicted molar refractivity (Wildman–Crippen MR) is 243 cm³/mol. The topological polar surface area (TPSA) is 9.86 Å². The number of nitrogens with zero attached hydrogens (tertiary/aromatic N) is 2. The van der Waals surface area contributed by atoms with Crippen LogP contribution in [-0.2, 0) is 0 Å². The van der Waals surface area contributed by atoms with E-state index in [4.69, 9.17) is 0 Å². The average molecular weight is 733 g/mol. The van der Waals surface area contributed by atoms with Crippen LogP contribution in [0, 0.1) is 12.1 Å². The van der Waals surface area contributed by atoms with E-state index < -0.39 is 0 Å². The molecule has 0 unspecified atom stereocenters. The molecule has 0 bridgehead atoms. The lowest BCUT2D eigenvalue weighted by atomic mass is 9.92. The second-order valence-corrected chi connectivity index (χ2v) is 15.6. The van der Waals surface area contributed by atoms with Gasteiger partial charge in [-0.05, 0) is 116 Å². The molecule has 12 aromatic rings. The summed E-state index contributed by atoms with van der Waals surface area (Å²) in [6.45, 7) is 0. The fourth-order valence-corrected chi connectivity index (χ4v) is 9.77. The van der Waals surface area contributed by atoms with E-state index in [0.717, 1.165) is 11.1 Å². The summed E-state index contributed by atoms with van der Waals surface area (Å²) in [6.07, 6.45) is 0. The van der Waals surface area contributed by atoms with Crippen LogP contribution in [0.5, 0.6) is 0 Å². The van der Waals surface area contributed by atoms with Crippen LogP contribution in [0.1, 0.15) is 0 Å². The van der Waals surface area contributed by atoms with E-state index in [1.54, 1.807) is 0 Å². The maximum Gasteiger partial charge on any atom is 0.0619 e. The third-order valence-electron chi connectivity index (χ3n) is 12.5. The largest absolute Gasteiger partial charge is 0.309 e. The van der Waals surface area contributed by atoms with Gasteiger partial charge < -0.3 is 9.13 Å². The monoisotopic (exact) mass is 732 g/mol. The lowest BCUT2D eigenvalue weighted by molar-refractivity contribution is 1.19. The van der Waals surface area contributed by atoms with E-state index in [-0.39, 0.29) is 0 Å². The molecule has 0 saturated heterocycles. The molecular formula is C56H32N2. The average Bonchev–Trinajstić information content (AvgIpc) is 3.77. The molecule has 0 fully saturated rings. The Hall–Kier alpha value is -7.86. The molecule has 1 aliphatic rings. The van der Waals surface area contributed by atoms with Crippen LogP contribution in [0.15, 0.2) is 194 Å². The van der Waals surface area contributed by atoms with E-state index in [1.165, 1.54) is 110 Å². The van der Waals surface area contributed by atoms with Gasteiger partial charge in [0.25, 0.3) is 0 Å². The Morgan fingerprint density at radius 3 is 1.74 bits per heavy atom. The Kier molecular flexibility index (Phi) is 6.39. The van der Waals surface area contributed by atoms with E-state index in [9.17, 15) is 0 Å². The van der Waals surface area contributed by atoms with Crippen LogP contribution < -0.4 is 0 Å². The standard InChI is InChI=1S/C56H32N2/c1-2-11-38-30-43(27-24-35(38)10-1)57-52-19-8-7-16-46(52)50-32-41(25-28-53(50)57)36-20-22-37(23-21-36)42-26-29-54-51(33-42)48-18-9-17-47-44-14-5-6-15-45(44)49-31-39-12-3-4-13-40(39)34-55(49)58(54)56(47)48/h1,3-10,12-34H. The van der Waals surface area contributed by atoms with E-state index in [0.29, 0.717) is 0 Å². The summed E-state index contributed by atoms with van der Waals surface area (Å²) in [6, 6.07) is 77.9. The Morgan fingerprint density at radius 1 is 0.345 bits per heavy atom. The summed E-state index contributed by atoms with van der Waals surface area (Å²) >= 11 is 0. The predicted octanol–water partition coefficient (Wildman–Crippen LogP) is 14.8. The van der Waals surface area contributed by atoms with Gasteiger partial charge >= 0.3 is 0 Å². The molecule has 2 nitrogen and oxygen atoms in total. The van der Waals surface area contributed by atoms with Crippen LogP contribution in [0.3, 0.4) is 0 Å². The van der Waals surface area contributed by atoms with Crippen molar-refractivity contribution in [2.24, 2.45) is 0 Å². The van der Waals surface area contributed by atoms with Crippen molar-refractivity contribution < 1.29 is 0 Å². The van der Waals surface area contributed by atoms with Crippen molar-refractivity contribution in [2.75, 3.05) is 0 Å². The zero-order chi connectivity index (χ0) is 37.9. The van der Waals surface area contributed by atoms with Gasteiger partial charge in [-0.3, -0.25) is 0 Å². The van der Waals surface area contributed by atoms with Gasteiger partial charge in [-0.25, -0.2) is 0 Å². The van der Waals surface area contributed by atoms with Crippen LogP contribution in [-0.4, -0.2) is 9.13 Å². The first-order chi connectivity index (χ1) is 28.7. The fraction of sp³-hybridized carbons (Fsp3) is 0. The van der Waals surface area contributed by atoms with Crippen LogP contribution in [0.2, 0.25) is 0 Å². The lowest BCUT2D eigenvalue weighted by Gasteiger charge is -2.14. The molecule has 3 heterocycles. The van der Waals surface area contributed by atoms with Crippen LogP contribution in [0.25, 0.3) is 121 Å². The first kappa shape index (κ1) is 31.4. The number of fused-ring (bicyclic) bond motifs is 13. The van der Waals surface area contributed by atoms with E-state index in [2.05, 4.69) is 209 Å². The highest BCUT2D eigenvalue weighted by molar-refractivity contribution is 6.18. The molecule has 13 rings (SSSR count). The number of para-hydroxylation sites is 2. The number of rotatable bonds is 3. The molecule has 58 heavy (non-hydrogen) atoms. The quantitative estimate of drug-likeness (QED) is 0.171. The Labute approximate surface area is 335 Å². The van der Waals surface area contributed by atoms with Crippen molar-refractivity contribution in [3.8, 4) is 55.9 Å². The summed E-state index contributed by atoms with van der Waals surface area (Å²) in [4.78, 5) is 0. The second kappa shape index (κ2) is 11.8. The minimum Gasteiger partial charge on any atom is -0.309 e. The Bertz CT molecular complexity index is 3670. The number of hydrogen-bond acceptors (Lipinski definition) is 0. The summed E-state index contributed by atoms with van der Waals surface area (Å²) in [5.41, 5.74) is 17.1. The minimum atomic E-state index is 1.07. The molecule has 1 aliphatic heterocycles. The molecule has 2 aromatic heterocycles. The maximum absolute atomic E-state index is 3.30. The number of benzene rings is 9. The highest BCUT2D eigenvalue weighted by Gasteiger charge is 2.25. The SMILES string of the molecule is c1ccc2ccc(-n3c4ccccc4c4cc(-c5ccc(-c6ccc7c(c6)c6cccc8c6n7-c6cc7ccccc7cc6-c6ccccc6-8)cc5)ccc43)cc2c#1. The molecule has 2 heteroatoms. The lowest BCUT2D eigenvalue weighted by Crippen LogP contribution is -1.96. The van der Waals surface area contributed by atoms with Crippen molar-refractivity contribution in [3.05, 3.63) is 206 Å². The molecule has 0 aliphatic carbocycles. The van der Waals surface area contributed by atoms with Crippen molar-refractivity contribution in [3.63, 3.8) is 0 Å². The highest BCUT2D eigenvalue weighted by Crippen LogP contribution is 2.48. The Balaban J connectivity index is 0.929. The van der Waals surface area contributed by atoms with Crippen LogP contribution in [0.4, 0.5) is 0 Å². The van der Waals surface area contributed by atoms with Crippen molar-refractivity contribution in [2.45, 2.75) is 0 Å².